The van der Waals surface area contributed by atoms with Crippen LogP contribution in [-0.4, -0.2) is 56.8 Å². The minimum atomic E-state index is -0.499. The van der Waals surface area contributed by atoms with Crippen molar-refractivity contribution >= 4 is 17.8 Å². The predicted molar refractivity (Wildman–Crippen MR) is 129 cm³/mol. The number of nitrogens with one attached hydrogen (secondary N) is 1. The summed E-state index contributed by atoms with van der Waals surface area (Å²) in [5.41, 5.74) is 3.17. The number of urea groups is 1. The van der Waals surface area contributed by atoms with Gasteiger partial charge in [-0.15, -0.1) is 0 Å². The van der Waals surface area contributed by atoms with E-state index in [1.807, 2.05) is 29.0 Å². The Bertz CT molecular complexity index is 1220. The van der Waals surface area contributed by atoms with Crippen LogP contribution in [0, 0.1) is 5.82 Å². The van der Waals surface area contributed by atoms with Crippen LogP contribution in [0.5, 0.6) is 0 Å². The number of fused-ring (bicyclic) bond motifs is 1. The van der Waals surface area contributed by atoms with Crippen LogP contribution in [0.1, 0.15) is 29.2 Å². The molecule has 0 aliphatic carbocycles. The third-order valence-electron chi connectivity index (χ3n) is 6.49. The van der Waals surface area contributed by atoms with E-state index in [1.165, 1.54) is 17.7 Å². The zero-order chi connectivity index (χ0) is 24.2. The van der Waals surface area contributed by atoms with E-state index in [1.54, 1.807) is 34.5 Å². The maximum Gasteiger partial charge on any atom is 0.323 e. The second kappa shape index (κ2) is 10.1. The zero-order valence-corrected chi connectivity index (χ0v) is 19.3. The summed E-state index contributed by atoms with van der Waals surface area (Å²) in [5, 5.41) is 2.84. The molecule has 1 atom stereocenters. The van der Waals surface area contributed by atoms with Crippen molar-refractivity contribution in [2.45, 2.75) is 32.0 Å². The number of halogens is 1. The highest BCUT2D eigenvalue weighted by atomic mass is 19.1. The largest absolute Gasteiger partial charge is 0.337 e. The van der Waals surface area contributed by atoms with Gasteiger partial charge in [-0.05, 0) is 41.7 Å². The van der Waals surface area contributed by atoms with Gasteiger partial charge in [0.05, 0.1) is 6.33 Å². The van der Waals surface area contributed by atoms with Crippen LogP contribution in [-0.2, 0) is 24.3 Å². The fraction of sp³-hybridized carbons (Fsp3) is 0.308. The van der Waals surface area contributed by atoms with Crippen molar-refractivity contribution in [3.8, 4) is 0 Å². The molecule has 0 saturated carbocycles. The van der Waals surface area contributed by atoms with Crippen LogP contribution >= 0.6 is 0 Å². The van der Waals surface area contributed by atoms with E-state index in [-0.39, 0.29) is 24.3 Å². The monoisotopic (exact) mass is 474 g/mol. The Balaban J connectivity index is 1.31. The maximum atomic E-state index is 13.6. The molecular formula is C26H27FN6O2. The van der Waals surface area contributed by atoms with Crippen molar-refractivity contribution in [2.75, 3.05) is 19.6 Å². The van der Waals surface area contributed by atoms with Gasteiger partial charge in [0.2, 0.25) is 5.91 Å². The van der Waals surface area contributed by atoms with Crippen molar-refractivity contribution in [2.24, 2.45) is 4.99 Å². The van der Waals surface area contributed by atoms with Gasteiger partial charge >= 0.3 is 6.03 Å². The minimum absolute atomic E-state index is 0.0572. The molecule has 5 rings (SSSR count). The average Bonchev–Trinajstić information content (AvgIpc) is 3.51. The first-order chi connectivity index (χ1) is 17.1. The average molecular weight is 475 g/mol. The molecule has 2 aromatic carbocycles. The molecule has 35 heavy (non-hydrogen) atoms. The predicted octanol–water partition coefficient (Wildman–Crippen LogP) is 3.16. The van der Waals surface area contributed by atoms with E-state index < -0.39 is 6.04 Å². The number of aryl methyl sites for hydroxylation is 1. The summed E-state index contributed by atoms with van der Waals surface area (Å²) in [6.07, 6.45) is 6.85. The number of aromatic nitrogens is 2. The normalized spacial score (nSPS) is 18.6. The fourth-order valence-electron chi connectivity index (χ4n) is 4.66. The lowest BCUT2D eigenvalue weighted by molar-refractivity contribution is -0.130. The highest BCUT2D eigenvalue weighted by Crippen LogP contribution is 2.27. The third kappa shape index (κ3) is 5.08. The Labute approximate surface area is 203 Å². The van der Waals surface area contributed by atoms with Crippen molar-refractivity contribution < 1.29 is 14.0 Å². The molecule has 0 radical (unpaired) electrons. The van der Waals surface area contributed by atoms with E-state index in [0.717, 1.165) is 17.5 Å². The first-order valence-electron chi connectivity index (χ1n) is 11.8. The molecular weight excluding hydrogens is 447 g/mol. The van der Waals surface area contributed by atoms with Crippen LogP contribution in [0.25, 0.3) is 0 Å². The Hall–Kier alpha value is -4.01. The fourth-order valence-corrected chi connectivity index (χ4v) is 4.66. The number of amides is 3. The van der Waals surface area contributed by atoms with Gasteiger partial charge in [0.25, 0.3) is 0 Å². The Morgan fingerprint density at radius 3 is 2.69 bits per heavy atom. The summed E-state index contributed by atoms with van der Waals surface area (Å²) in [4.78, 5) is 37.9. The van der Waals surface area contributed by atoms with Gasteiger partial charge in [0, 0.05) is 38.6 Å². The summed E-state index contributed by atoms with van der Waals surface area (Å²) in [7, 11) is 0. The molecule has 1 fully saturated rings. The number of hydrogen-bond donors (Lipinski definition) is 1. The number of nitrogens with zero attached hydrogens (tertiary/aromatic N) is 5. The highest BCUT2D eigenvalue weighted by Gasteiger charge is 2.37. The number of hydrogen-bond acceptors (Lipinski definition) is 4. The first-order valence-corrected chi connectivity index (χ1v) is 11.8. The molecule has 9 heteroatoms. The Kier molecular flexibility index (Phi) is 6.56. The lowest BCUT2D eigenvalue weighted by Gasteiger charge is -2.28. The molecule has 3 amide bonds. The molecule has 1 saturated heterocycles. The summed E-state index contributed by atoms with van der Waals surface area (Å²) in [6.45, 7) is 2.34. The molecule has 180 valence electrons. The smallest absolute Gasteiger partial charge is 0.323 e. The van der Waals surface area contributed by atoms with E-state index in [0.29, 0.717) is 38.4 Å². The quantitative estimate of drug-likeness (QED) is 0.571. The van der Waals surface area contributed by atoms with Gasteiger partial charge in [-0.3, -0.25) is 15.1 Å². The van der Waals surface area contributed by atoms with Crippen molar-refractivity contribution in [3.05, 3.63) is 89.8 Å². The molecule has 3 heterocycles. The second-order valence-electron chi connectivity index (χ2n) is 8.77. The number of imidazole rings is 1. The molecule has 2 aliphatic rings. The highest BCUT2D eigenvalue weighted by molar-refractivity contribution is 6.08. The number of amidine groups is 1. The summed E-state index contributed by atoms with van der Waals surface area (Å²) in [6, 6.07) is 13.4. The summed E-state index contributed by atoms with van der Waals surface area (Å²) >= 11 is 0. The number of aliphatic imine (C=N–C) groups is 1. The lowest BCUT2D eigenvalue weighted by Crippen LogP contribution is -2.37. The molecule has 1 unspecified atom stereocenters. The SMILES string of the molecule is O=C(CN=C1NC(=O)N(CCCn2ccnc2)C1c1ccc(F)cc1)N1CCc2ccccc2C1. The van der Waals surface area contributed by atoms with E-state index in [2.05, 4.69) is 21.4 Å². The zero-order valence-electron chi connectivity index (χ0n) is 19.3. The molecule has 2 aliphatic heterocycles. The number of carbonyl (C=O) groups is 2. The van der Waals surface area contributed by atoms with Crippen LogP contribution in [0.4, 0.5) is 9.18 Å². The maximum absolute atomic E-state index is 13.6. The van der Waals surface area contributed by atoms with Gasteiger partial charge in [0.1, 0.15) is 24.2 Å². The van der Waals surface area contributed by atoms with Gasteiger partial charge in [-0.1, -0.05) is 36.4 Å². The van der Waals surface area contributed by atoms with Gasteiger partial charge in [0.15, 0.2) is 0 Å². The number of benzene rings is 2. The van der Waals surface area contributed by atoms with Crippen LogP contribution in [0.2, 0.25) is 0 Å². The Morgan fingerprint density at radius 2 is 1.91 bits per heavy atom. The standard InChI is InChI=1S/C26H27FN6O2/c27-22-8-6-20(7-9-22)24-25(30-26(35)33(24)13-3-12-31-15-11-28-18-31)29-16-23(34)32-14-10-19-4-1-2-5-21(19)17-32/h1-2,4-9,11,15,18,24H,3,10,12-14,16-17H2,(H,29,30,35). The second-order valence-corrected chi connectivity index (χ2v) is 8.77. The van der Waals surface area contributed by atoms with Crippen LogP contribution in [0.3, 0.4) is 0 Å². The molecule has 1 aromatic heterocycles. The molecule has 0 bridgehead atoms. The Morgan fingerprint density at radius 1 is 1.11 bits per heavy atom. The molecule has 0 spiro atoms. The van der Waals surface area contributed by atoms with Gasteiger partial charge < -0.3 is 14.4 Å². The van der Waals surface area contributed by atoms with Crippen molar-refractivity contribution in [3.63, 3.8) is 0 Å². The number of carbonyl (C=O) groups excluding carboxylic acids is 2. The molecule has 3 aromatic rings. The van der Waals surface area contributed by atoms with E-state index in [9.17, 15) is 14.0 Å². The van der Waals surface area contributed by atoms with E-state index in [4.69, 9.17) is 0 Å². The first kappa shape index (κ1) is 22.8. The minimum Gasteiger partial charge on any atom is -0.337 e. The van der Waals surface area contributed by atoms with Crippen LogP contribution < -0.4 is 5.32 Å². The molecule has 8 nitrogen and oxygen atoms in total. The van der Waals surface area contributed by atoms with E-state index >= 15 is 0 Å². The lowest BCUT2D eigenvalue weighted by atomic mass is 10.00. The summed E-state index contributed by atoms with van der Waals surface area (Å²) < 4.78 is 15.5. The number of rotatable bonds is 7. The van der Waals surface area contributed by atoms with Crippen molar-refractivity contribution in [1.29, 1.82) is 0 Å². The third-order valence-corrected chi connectivity index (χ3v) is 6.49. The molecule has 1 N–H and O–H groups in total. The van der Waals surface area contributed by atoms with Crippen LogP contribution in [0.15, 0.2) is 72.2 Å². The summed E-state index contributed by atoms with van der Waals surface area (Å²) in [5.74, 6) is -0.0237. The van der Waals surface area contributed by atoms with Gasteiger partial charge in [-0.25, -0.2) is 14.2 Å². The van der Waals surface area contributed by atoms with Crippen molar-refractivity contribution in [1.82, 2.24) is 24.7 Å². The van der Waals surface area contributed by atoms with Gasteiger partial charge in [-0.2, -0.15) is 0 Å². The topological polar surface area (TPSA) is 82.8 Å².